The molecule has 90 valence electrons. The van der Waals surface area contributed by atoms with Gasteiger partial charge in [0.05, 0.1) is 12.0 Å². The molecule has 0 bridgehead atoms. The Kier molecular flexibility index (Phi) is 4.21. The van der Waals surface area contributed by atoms with Gasteiger partial charge in [-0.2, -0.15) is 0 Å². The minimum Gasteiger partial charge on any atom is -0.333 e. The summed E-state index contributed by atoms with van der Waals surface area (Å²) in [5, 5.41) is 4.02. The van der Waals surface area contributed by atoms with Crippen molar-refractivity contribution in [3.8, 4) is 0 Å². The minimum atomic E-state index is 0.664. The van der Waals surface area contributed by atoms with Crippen LogP contribution < -0.4 is 5.32 Å². The van der Waals surface area contributed by atoms with Crippen LogP contribution in [0.1, 0.15) is 12.6 Å². The second-order valence-corrected chi connectivity index (χ2v) is 4.47. The maximum absolute atomic E-state index is 6.08. The molecule has 1 saturated heterocycles. The molecular formula is C11H19ClN4. The average molecular weight is 243 g/mol. The van der Waals surface area contributed by atoms with Gasteiger partial charge in [0.25, 0.3) is 0 Å². The number of halogens is 1. The molecule has 16 heavy (non-hydrogen) atoms. The molecule has 0 atom stereocenters. The zero-order valence-corrected chi connectivity index (χ0v) is 10.5. The number of hydrogen-bond donors (Lipinski definition) is 1. The van der Waals surface area contributed by atoms with Gasteiger partial charge in [0, 0.05) is 45.7 Å². The zero-order chi connectivity index (χ0) is 11.4. The van der Waals surface area contributed by atoms with Crippen LogP contribution in [0.25, 0.3) is 0 Å². The Hall–Kier alpha value is -0.580. The molecule has 1 aromatic heterocycles. The fourth-order valence-corrected chi connectivity index (χ4v) is 2.35. The summed E-state index contributed by atoms with van der Waals surface area (Å²) >= 11 is 6.08. The van der Waals surface area contributed by atoms with Gasteiger partial charge in [-0.15, -0.1) is 0 Å². The van der Waals surface area contributed by atoms with E-state index in [4.69, 9.17) is 11.6 Å². The number of rotatable bonds is 4. The molecule has 1 fully saturated rings. The number of hydrogen-bond acceptors (Lipinski definition) is 3. The molecule has 4 nitrogen and oxygen atoms in total. The van der Waals surface area contributed by atoms with Crippen LogP contribution in [0, 0.1) is 0 Å². The number of aromatic nitrogens is 2. The van der Waals surface area contributed by atoms with Crippen molar-refractivity contribution in [1.82, 2.24) is 19.8 Å². The number of nitrogens with one attached hydrogen (secondary N) is 1. The highest BCUT2D eigenvalue weighted by Crippen LogP contribution is 2.14. The first-order chi connectivity index (χ1) is 7.81. The summed E-state index contributed by atoms with van der Waals surface area (Å²) in [5.74, 6) is 0. The van der Waals surface area contributed by atoms with Gasteiger partial charge in [-0.3, -0.25) is 0 Å². The Balaban J connectivity index is 1.90. The zero-order valence-electron chi connectivity index (χ0n) is 9.75. The van der Waals surface area contributed by atoms with Crippen LogP contribution in [0.4, 0.5) is 0 Å². The largest absolute Gasteiger partial charge is 0.333 e. The lowest BCUT2D eigenvalue weighted by atomic mass is 10.2. The van der Waals surface area contributed by atoms with Crippen molar-refractivity contribution in [3.05, 3.63) is 17.2 Å². The lowest BCUT2D eigenvalue weighted by Crippen LogP contribution is -2.44. The minimum absolute atomic E-state index is 0.664. The smallest absolute Gasteiger partial charge is 0.150 e. The molecule has 0 aliphatic carbocycles. The summed E-state index contributed by atoms with van der Waals surface area (Å²) in [6.07, 6.45) is 2.82. The van der Waals surface area contributed by atoms with E-state index in [2.05, 4.69) is 26.7 Å². The maximum atomic E-state index is 6.08. The summed E-state index contributed by atoms with van der Waals surface area (Å²) in [6.45, 7) is 8.60. The van der Waals surface area contributed by atoms with Crippen molar-refractivity contribution >= 4 is 11.6 Å². The van der Waals surface area contributed by atoms with E-state index in [1.807, 2.05) is 6.33 Å². The second kappa shape index (κ2) is 5.66. The average Bonchev–Trinajstić information content (AvgIpc) is 2.69. The van der Waals surface area contributed by atoms with Gasteiger partial charge in [-0.25, -0.2) is 4.98 Å². The van der Waals surface area contributed by atoms with E-state index in [-0.39, 0.29) is 0 Å². The Morgan fingerprint density at radius 3 is 2.88 bits per heavy atom. The van der Waals surface area contributed by atoms with Crippen molar-refractivity contribution in [3.63, 3.8) is 0 Å². The maximum Gasteiger partial charge on any atom is 0.150 e. The second-order valence-electron chi connectivity index (χ2n) is 4.11. The van der Waals surface area contributed by atoms with Crippen LogP contribution in [-0.4, -0.2) is 47.2 Å². The van der Waals surface area contributed by atoms with Crippen molar-refractivity contribution in [2.75, 3.05) is 32.7 Å². The van der Waals surface area contributed by atoms with E-state index in [1.54, 1.807) is 0 Å². The highest BCUT2D eigenvalue weighted by atomic mass is 35.5. The van der Waals surface area contributed by atoms with Gasteiger partial charge in [-0.1, -0.05) is 11.6 Å². The molecule has 0 spiro atoms. The molecule has 2 rings (SSSR count). The van der Waals surface area contributed by atoms with Gasteiger partial charge in [0.15, 0.2) is 0 Å². The standard InChI is InChI=1S/C11H19ClN4/c1-2-16-9-14-11(12)10(16)3-6-15-7-4-13-5-8-15/h9,13H,2-8H2,1H3. The molecule has 1 aliphatic heterocycles. The first-order valence-electron chi connectivity index (χ1n) is 5.94. The summed E-state index contributed by atoms with van der Waals surface area (Å²) in [5.41, 5.74) is 1.17. The molecule has 5 heteroatoms. The number of piperazine rings is 1. The molecule has 2 heterocycles. The van der Waals surface area contributed by atoms with Gasteiger partial charge in [0.2, 0.25) is 0 Å². The molecular weight excluding hydrogens is 224 g/mol. The Bertz CT molecular complexity index is 331. The SMILES string of the molecule is CCn1cnc(Cl)c1CCN1CCNCC1. The van der Waals surface area contributed by atoms with E-state index >= 15 is 0 Å². The quantitative estimate of drug-likeness (QED) is 0.856. The van der Waals surface area contributed by atoms with E-state index < -0.39 is 0 Å². The Morgan fingerprint density at radius 2 is 2.19 bits per heavy atom. The predicted molar refractivity (Wildman–Crippen MR) is 65.9 cm³/mol. The highest BCUT2D eigenvalue weighted by molar-refractivity contribution is 6.30. The van der Waals surface area contributed by atoms with E-state index in [1.165, 1.54) is 5.69 Å². The van der Waals surface area contributed by atoms with Crippen molar-refractivity contribution in [2.24, 2.45) is 0 Å². The Morgan fingerprint density at radius 1 is 1.44 bits per heavy atom. The van der Waals surface area contributed by atoms with Crippen LogP contribution in [-0.2, 0) is 13.0 Å². The predicted octanol–water partition coefficient (Wildman–Crippen LogP) is 1.00. The molecule has 0 aromatic carbocycles. The molecule has 0 saturated carbocycles. The van der Waals surface area contributed by atoms with Crippen LogP contribution in [0.5, 0.6) is 0 Å². The first-order valence-corrected chi connectivity index (χ1v) is 6.31. The molecule has 1 aromatic rings. The monoisotopic (exact) mass is 242 g/mol. The van der Waals surface area contributed by atoms with Crippen LogP contribution >= 0.6 is 11.6 Å². The van der Waals surface area contributed by atoms with E-state index in [0.29, 0.717) is 5.15 Å². The van der Waals surface area contributed by atoms with Crippen molar-refractivity contribution in [1.29, 1.82) is 0 Å². The molecule has 1 N–H and O–H groups in total. The molecule has 0 amide bonds. The number of imidazole rings is 1. The summed E-state index contributed by atoms with van der Waals surface area (Å²) in [4.78, 5) is 6.62. The fourth-order valence-electron chi connectivity index (χ4n) is 2.10. The summed E-state index contributed by atoms with van der Waals surface area (Å²) < 4.78 is 2.13. The number of nitrogens with zero attached hydrogens (tertiary/aromatic N) is 3. The fraction of sp³-hybridized carbons (Fsp3) is 0.727. The van der Waals surface area contributed by atoms with Crippen LogP contribution in [0.15, 0.2) is 6.33 Å². The van der Waals surface area contributed by atoms with E-state index in [0.717, 1.165) is 45.7 Å². The van der Waals surface area contributed by atoms with Gasteiger partial charge < -0.3 is 14.8 Å². The van der Waals surface area contributed by atoms with Crippen molar-refractivity contribution < 1.29 is 0 Å². The third-order valence-electron chi connectivity index (χ3n) is 3.11. The molecule has 0 radical (unpaired) electrons. The first kappa shape index (κ1) is 11.9. The normalized spacial score (nSPS) is 17.9. The third-order valence-corrected chi connectivity index (χ3v) is 3.43. The lowest BCUT2D eigenvalue weighted by molar-refractivity contribution is 0.242. The number of aryl methyl sites for hydroxylation is 1. The topological polar surface area (TPSA) is 33.1 Å². The van der Waals surface area contributed by atoms with Crippen LogP contribution in [0.3, 0.4) is 0 Å². The molecule has 0 unspecified atom stereocenters. The summed E-state index contributed by atoms with van der Waals surface area (Å²) in [6, 6.07) is 0. The highest BCUT2D eigenvalue weighted by Gasteiger charge is 2.12. The Labute approximate surface area is 102 Å². The lowest BCUT2D eigenvalue weighted by Gasteiger charge is -2.27. The third kappa shape index (κ3) is 2.75. The molecule has 1 aliphatic rings. The van der Waals surface area contributed by atoms with Gasteiger partial charge >= 0.3 is 0 Å². The van der Waals surface area contributed by atoms with Gasteiger partial charge in [-0.05, 0) is 6.92 Å². The van der Waals surface area contributed by atoms with Crippen LogP contribution in [0.2, 0.25) is 5.15 Å². The summed E-state index contributed by atoms with van der Waals surface area (Å²) in [7, 11) is 0. The van der Waals surface area contributed by atoms with Crippen molar-refractivity contribution in [2.45, 2.75) is 19.9 Å². The van der Waals surface area contributed by atoms with E-state index in [9.17, 15) is 0 Å². The van der Waals surface area contributed by atoms with Gasteiger partial charge in [0.1, 0.15) is 5.15 Å².